The first kappa shape index (κ1) is 18.7. The van der Waals surface area contributed by atoms with Gasteiger partial charge in [0.25, 0.3) is 19.7 Å². The van der Waals surface area contributed by atoms with Gasteiger partial charge in [-0.15, -0.1) is 0 Å². The number of rotatable bonds is 3. The molecule has 1 aromatic carbocycles. The Kier molecular flexibility index (Phi) is 4.56. The minimum absolute atomic E-state index is 0.0305. The van der Waals surface area contributed by atoms with Crippen molar-refractivity contribution in [2.24, 2.45) is 0 Å². The molecule has 0 bridgehead atoms. The van der Waals surface area contributed by atoms with Gasteiger partial charge in [0.1, 0.15) is 5.82 Å². The largest absolute Gasteiger partial charge is 0.499 e. The third-order valence-corrected chi connectivity index (χ3v) is 6.81. The second kappa shape index (κ2) is 5.37. The van der Waals surface area contributed by atoms with Gasteiger partial charge in [0, 0.05) is 0 Å². The average molecular weight is 374 g/mol. The van der Waals surface area contributed by atoms with Crippen molar-refractivity contribution in [3.05, 3.63) is 35.6 Å². The molecular weight excluding hydrogens is 369 g/mol. The topological polar surface area (TPSA) is 68.3 Å². The molecule has 0 heterocycles. The third-order valence-electron chi connectivity index (χ3n) is 2.33. The van der Waals surface area contributed by atoms with E-state index >= 15 is 0 Å². The van der Waals surface area contributed by atoms with Gasteiger partial charge in [0.15, 0.2) is 0 Å². The van der Waals surface area contributed by atoms with Crippen LogP contribution in [0.5, 0.6) is 0 Å². The van der Waals surface area contributed by atoms with Gasteiger partial charge in [0.2, 0.25) is 4.58 Å². The van der Waals surface area contributed by atoms with Crippen molar-refractivity contribution in [3.8, 4) is 0 Å². The van der Waals surface area contributed by atoms with E-state index in [0.29, 0.717) is 18.2 Å². The average Bonchev–Trinajstić information content (AvgIpc) is 2.24. The zero-order chi connectivity index (χ0) is 17.6. The zero-order valence-electron chi connectivity index (χ0n) is 9.98. The van der Waals surface area contributed by atoms with E-state index < -0.39 is 46.7 Å². The van der Waals surface area contributed by atoms with E-state index in [1.54, 1.807) is 0 Å². The van der Waals surface area contributed by atoms with Gasteiger partial charge in [-0.1, -0.05) is 12.1 Å². The van der Waals surface area contributed by atoms with E-state index in [0.717, 1.165) is 0 Å². The summed E-state index contributed by atoms with van der Waals surface area (Å²) in [7, 11) is -13.6. The maximum absolute atomic E-state index is 12.9. The highest BCUT2D eigenvalue weighted by molar-refractivity contribution is 8.09. The van der Waals surface area contributed by atoms with Gasteiger partial charge in [-0.25, -0.2) is 21.2 Å². The van der Waals surface area contributed by atoms with Crippen molar-refractivity contribution in [1.82, 2.24) is 0 Å². The van der Waals surface area contributed by atoms with Crippen LogP contribution in [-0.4, -0.2) is 27.9 Å². The second-order valence-electron chi connectivity index (χ2n) is 3.87. The molecule has 0 spiro atoms. The number of alkyl halides is 6. The Bertz CT molecular complexity index is 718. The van der Waals surface area contributed by atoms with Crippen LogP contribution in [0.25, 0.3) is 0 Å². The standard InChI is InChI=1S/C9H5F7O4S2/c10-6-3-1-2-5(4-6)7(21(17,18)8(11,12)13)22(19,20)9(14,15)16/h1-4,7H. The van der Waals surface area contributed by atoms with Crippen LogP contribution in [-0.2, 0) is 19.7 Å². The first-order chi connectivity index (χ1) is 9.62. The van der Waals surface area contributed by atoms with E-state index in [2.05, 4.69) is 0 Å². The van der Waals surface area contributed by atoms with Crippen LogP contribution in [0.2, 0.25) is 0 Å². The molecule has 1 aromatic rings. The molecule has 4 nitrogen and oxygen atoms in total. The van der Waals surface area contributed by atoms with Gasteiger partial charge >= 0.3 is 11.0 Å². The lowest BCUT2D eigenvalue weighted by Crippen LogP contribution is -2.39. The monoisotopic (exact) mass is 374 g/mol. The Morgan fingerprint density at radius 2 is 1.23 bits per heavy atom. The SMILES string of the molecule is O=S(=O)(C(c1cccc(F)c1)S(=O)(=O)C(F)(F)F)C(F)(F)F. The lowest BCUT2D eigenvalue weighted by Gasteiger charge is -2.21. The summed E-state index contributed by atoms with van der Waals surface area (Å²) < 4.78 is 129. The van der Waals surface area contributed by atoms with Crippen molar-refractivity contribution < 1.29 is 47.6 Å². The van der Waals surface area contributed by atoms with Crippen molar-refractivity contribution in [2.45, 2.75) is 15.6 Å². The molecule has 0 unspecified atom stereocenters. The van der Waals surface area contributed by atoms with E-state index in [1.165, 1.54) is 0 Å². The fraction of sp³-hybridized carbons (Fsp3) is 0.333. The van der Waals surface area contributed by atoms with Crippen LogP contribution in [0.15, 0.2) is 24.3 Å². The summed E-state index contributed by atoms with van der Waals surface area (Å²) in [6.07, 6.45) is 0. The molecule has 0 fully saturated rings. The Labute approximate surface area is 119 Å². The number of sulfone groups is 2. The van der Waals surface area contributed by atoms with Crippen LogP contribution in [0.3, 0.4) is 0 Å². The van der Waals surface area contributed by atoms with Crippen LogP contribution in [0, 0.1) is 5.82 Å². The fourth-order valence-electron chi connectivity index (χ4n) is 1.42. The lowest BCUT2D eigenvalue weighted by molar-refractivity contribution is -0.0472. The van der Waals surface area contributed by atoms with Gasteiger partial charge in [-0.3, -0.25) is 0 Å². The van der Waals surface area contributed by atoms with Crippen molar-refractivity contribution in [1.29, 1.82) is 0 Å². The molecular formula is C9H5F7O4S2. The molecule has 0 aliphatic heterocycles. The van der Waals surface area contributed by atoms with Gasteiger partial charge in [-0.2, -0.15) is 26.3 Å². The Hall–Kier alpha value is -1.37. The number of hydrogen-bond donors (Lipinski definition) is 0. The minimum atomic E-state index is -6.82. The highest BCUT2D eigenvalue weighted by atomic mass is 32.3. The fourth-order valence-corrected chi connectivity index (χ4v) is 4.91. The van der Waals surface area contributed by atoms with Crippen molar-refractivity contribution in [3.63, 3.8) is 0 Å². The Balaban J connectivity index is 3.78. The molecule has 13 heteroatoms. The van der Waals surface area contributed by atoms with E-state index in [9.17, 15) is 47.6 Å². The molecule has 0 radical (unpaired) electrons. The van der Waals surface area contributed by atoms with E-state index in [-0.39, 0.29) is 6.07 Å². The molecule has 126 valence electrons. The number of halogens is 7. The second-order valence-corrected chi connectivity index (χ2v) is 8.22. The zero-order valence-corrected chi connectivity index (χ0v) is 11.6. The number of benzene rings is 1. The summed E-state index contributed by atoms with van der Waals surface area (Å²) in [5.74, 6) is -1.41. The molecule has 0 saturated carbocycles. The predicted molar refractivity (Wildman–Crippen MR) is 59.1 cm³/mol. The van der Waals surface area contributed by atoms with Crippen LogP contribution in [0.1, 0.15) is 10.1 Å². The molecule has 0 saturated heterocycles. The molecule has 0 aliphatic carbocycles. The predicted octanol–water partition coefficient (Wildman–Crippen LogP) is 2.69. The Morgan fingerprint density at radius 1 is 0.818 bits per heavy atom. The molecule has 0 N–H and O–H groups in total. The summed E-state index contributed by atoms with van der Waals surface area (Å²) >= 11 is 0. The quantitative estimate of drug-likeness (QED) is 0.763. The highest BCUT2D eigenvalue weighted by Crippen LogP contribution is 2.44. The summed E-state index contributed by atoms with van der Waals surface area (Å²) in [5.41, 5.74) is -14.1. The van der Waals surface area contributed by atoms with Crippen LogP contribution < -0.4 is 0 Å². The van der Waals surface area contributed by atoms with Crippen LogP contribution in [0.4, 0.5) is 30.7 Å². The summed E-state index contributed by atoms with van der Waals surface area (Å²) in [6.45, 7) is 0. The van der Waals surface area contributed by atoms with Gasteiger partial charge in [0.05, 0.1) is 0 Å². The molecule has 22 heavy (non-hydrogen) atoms. The summed E-state index contributed by atoms with van der Waals surface area (Å²) in [6, 6.07) is 1.47. The number of hydrogen-bond acceptors (Lipinski definition) is 4. The van der Waals surface area contributed by atoms with Crippen molar-refractivity contribution >= 4 is 19.7 Å². The van der Waals surface area contributed by atoms with Gasteiger partial charge < -0.3 is 0 Å². The molecule has 1 rings (SSSR count). The maximum atomic E-state index is 12.9. The Morgan fingerprint density at radius 3 is 1.55 bits per heavy atom. The normalized spacial score (nSPS) is 14.4. The van der Waals surface area contributed by atoms with Crippen molar-refractivity contribution in [2.75, 3.05) is 0 Å². The molecule has 0 amide bonds. The summed E-state index contributed by atoms with van der Waals surface area (Å²) in [5, 5.41) is 0. The smallest absolute Gasteiger partial charge is 0.218 e. The first-order valence-electron chi connectivity index (χ1n) is 4.98. The summed E-state index contributed by atoms with van der Waals surface area (Å²) in [4.78, 5) is 0. The van der Waals surface area contributed by atoms with E-state index in [4.69, 9.17) is 0 Å². The third kappa shape index (κ3) is 3.19. The molecule has 0 aliphatic rings. The highest BCUT2D eigenvalue weighted by Gasteiger charge is 2.63. The maximum Gasteiger partial charge on any atom is 0.499 e. The molecule has 0 atom stereocenters. The van der Waals surface area contributed by atoms with Crippen LogP contribution >= 0.6 is 0 Å². The van der Waals surface area contributed by atoms with E-state index in [1.807, 2.05) is 0 Å². The molecule has 0 aromatic heterocycles. The van der Waals surface area contributed by atoms with Gasteiger partial charge in [-0.05, 0) is 17.7 Å². The lowest BCUT2D eigenvalue weighted by atomic mass is 10.2. The first-order valence-corrected chi connectivity index (χ1v) is 8.07. The minimum Gasteiger partial charge on any atom is -0.218 e.